The van der Waals surface area contributed by atoms with Crippen molar-refractivity contribution in [1.29, 1.82) is 0 Å². The first kappa shape index (κ1) is 14.9. The van der Waals surface area contributed by atoms with E-state index in [-0.39, 0.29) is 19.1 Å². The van der Waals surface area contributed by atoms with Crippen molar-refractivity contribution in [3.05, 3.63) is 0 Å². The molecule has 0 spiro atoms. The smallest absolute Gasteiger partial charge is 0.321 e. The van der Waals surface area contributed by atoms with Crippen molar-refractivity contribution in [2.75, 3.05) is 32.8 Å². The molecule has 17 heavy (non-hydrogen) atoms. The monoisotopic (exact) mass is 282 g/mol. The summed E-state index contributed by atoms with van der Waals surface area (Å²) in [5.41, 5.74) is 0. The van der Waals surface area contributed by atoms with Gasteiger partial charge >= 0.3 is 18.0 Å². The molecule has 0 unspecified atom stereocenters. The molecule has 1 rings (SSSR count). The van der Waals surface area contributed by atoms with Gasteiger partial charge in [-0.1, -0.05) is 0 Å². The van der Waals surface area contributed by atoms with Gasteiger partial charge in [-0.15, -0.1) is 11.6 Å². The van der Waals surface area contributed by atoms with Gasteiger partial charge < -0.3 is 18.9 Å². The lowest BCUT2D eigenvalue weighted by atomic mass is 10.2. The second-order valence-corrected chi connectivity index (χ2v) is 3.46. The van der Waals surface area contributed by atoms with E-state index < -0.39 is 24.6 Å². The minimum absolute atomic E-state index is 0.177. The molecule has 102 valence electrons. The average Bonchev–Trinajstić information content (AvgIpc) is 2.76. The van der Waals surface area contributed by atoms with Gasteiger partial charge in [0.1, 0.15) is 0 Å². The molecule has 0 saturated carbocycles. The summed E-state index contributed by atoms with van der Waals surface area (Å²) < 4.78 is 70.1. The molecule has 0 radical (unpaired) electrons. The normalized spacial score (nSPS) is 20.8. The van der Waals surface area contributed by atoms with Crippen LogP contribution in [0.1, 0.15) is 0 Å². The third-order valence-corrected chi connectivity index (χ3v) is 2.20. The van der Waals surface area contributed by atoms with E-state index in [1.807, 2.05) is 0 Å². The molecular formula is C8H11ClF4O4. The van der Waals surface area contributed by atoms with E-state index in [0.717, 1.165) is 0 Å². The van der Waals surface area contributed by atoms with Gasteiger partial charge in [-0.3, -0.25) is 0 Å². The second-order valence-electron chi connectivity index (χ2n) is 3.09. The first-order valence-corrected chi connectivity index (χ1v) is 5.15. The Morgan fingerprint density at radius 3 is 2.18 bits per heavy atom. The van der Waals surface area contributed by atoms with Crippen molar-refractivity contribution < 1.29 is 36.5 Å². The van der Waals surface area contributed by atoms with Crippen LogP contribution in [0.4, 0.5) is 17.6 Å². The van der Waals surface area contributed by atoms with Crippen molar-refractivity contribution in [2.45, 2.75) is 18.0 Å². The molecule has 0 aromatic carbocycles. The highest BCUT2D eigenvalue weighted by atomic mass is 35.5. The number of rotatable bonds is 6. The molecular weight excluding hydrogens is 272 g/mol. The van der Waals surface area contributed by atoms with Gasteiger partial charge in [0.15, 0.2) is 0 Å². The van der Waals surface area contributed by atoms with E-state index in [2.05, 4.69) is 18.9 Å². The predicted molar refractivity (Wildman–Crippen MR) is 48.2 cm³/mol. The van der Waals surface area contributed by atoms with E-state index in [1.165, 1.54) is 0 Å². The predicted octanol–water partition coefficient (Wildman–Crippen LogP) is 1.82. The maximum Gasteiger partial charge on any atom is 0.427 e. The molecule has 0 amide bonds. The fraction of sp³-hybridized carbons (Fsp3) is 1.00. The molecule has 1 saturated heterocycles. The summed E-state index contributed by atoms with van der Waals surface area (Å²) in [6, 6.07) is 0. The van der Waals surface area contributed by atoms with Crippen LogP contribution in [-0.4, -0.2) is 50.8 Å². The molecule has 1 aliphatic heterocycles. The quantitative estimate of drug-likeness (QED) is 0.550. The Kier molecular flexibility index (Phi) is 4.59. The van der Waals surface area contributed by atoms with E-state index in [4.69, 9.17) is 11.6 Å². The second kappa shape index (κ2) is 5.23. The maximum atomic E-state index is 13.6. The summed E-state index contributed by atoms with van der Waals surface area (Å²) in [6.07, 6.45) is -4.79. The standard InChI is InChI=1S/C8H11ClF4O4/c1-14-7(12,13)6(10,11)8(15-3-2-9)16-4-5-17-8/h2-5H2,1H3. The van der Waals surface area contributed by atoms with Gasteiger partial charge in [0.05, 0.1) is 19.8 Å². The van der Waals surface area contributed by atoms with Crippen LogP contribution in [-0.2, 0) is 18.9 Å². The fourth-order valence-corrected chi connectivity index (χ4v) is 1.31. The van der Waals surface area contributed by atoms with Crippen molar-refractivity contribution in [3.8, 4) is 0 Å². The molecule has 4 nitrogen and oxygen atoms in total. The number of hydrogen-bond donors (Lipinski definition) is 0. The molecule has 1 heterocycles. The summed E-state index contributed by atoms with van der Waals surface area (Å²) in [5.74, 6) is -8.15. The van der Waals surface area contributed by atoms with Crippen LogP contribution in [0.5, 0.6) is 0 Å². The Bertz CT molecular complexity index is 258. The Balaban J connectivity index is 2.96. The van der Waals surface area contributed by atoms with Gasteiger partial charge in [-0.05, 0) is 0 Å². The van der Waals surface area contributed by atoms with Gasteiger partial charge in [-0.25, -0.2) is 0 Å². The third kappa shape index (κ3) is 2.50. The zero-order valence-electron chi connectivity index (χ0n) is 8.85. The highest BCUT2D eigenvalue weighted by Gasteiger charge is 2.75. The number of alkyl halides is 5. The number of methoxy groups -OCH3 is 1. The Hall–Kier alpha value is -0.150. The van der Waals surface area contributed by atoms with Crippen molar-refractivity contribution in [2.24, 2.45) is 0 Å². The zero-order chi connectivity index (χ0) is 13.2. The Morgan fingerprint density at radius 1 is 1.24 bits per heavy atom. The topological polar surface area (TPSA) is 36.9 Å². The minimum Gasteiger partial charge on any atom is -0.321 e. The number of halogens is 5. The van der Waals surface area contributed by atoms with Gasteiger partial charge in [-0.2, -0.15) is 17.6 Å². The molecule has 9 heteroatoms. The van der Waals surface area contributed by atoms with Crippen LogP contribution in [0.3, 0.4) is 0 Å². The Labute approximate surface area is 99.7 Å². The number of hydrogen-bond acceptors (Lipinski definition) is 4. The molecule has 0 N–H and O–H groups in total. The van der Waals surface area contributed by atoms with Crippen molar-refractivity contribution in [1.82, 2.24) is 0 Å². The first-order valence-electron chi connectivity index (χ1n) is 4.61. The highest BCUT2D eigenvalue weighted by molar-refractivity contribution is 6.17. The summed E-state index contributed by atoms with van der Waals surface area (Å²) in [7, 11) is 0.443. The van der Waals surface area contributed by atoms with E-state index in [1.54, 1.807) is 0 Å². The lowest BCUT2D eigenvalue weighted by molar-refractivity contribution is -0.484. The van der Waals surface area contributed by atoms with Crippen LogP contribution in [0, 0.1) is 0 Å². The molecule has 1 fully saturated rings. The fourth-order valence-electron chi connectivity index (χ4n) is 1.23. The van der Waals surface area contributed by atoms with Crippen LogP contribution >= 0.6 is 11.6 Å². The van der Waals surface area contributed by atoms with Gasteiger partial charge in [0, 0.05) is 13.0 Å². The minimum atomic E-state index is -4.81. The van der Waals surface area contributed by atoms with Crippen molar-refractivity contribution >= 4 is 11.6 Å². The highest BCUT2D eigenvalue weighted by Crippen LogP contribution is 2.47. The lowest BCUT2D eigenvalue weighted by Crippen LogP contribution is -2.61. The van der Waals surface area contributed by atoms with E-state index in [0.29, 0.717) is 7.11 Å². The summed E-state index contributed by atoms with van der Waals surface area (Å²) in [4.78, 5) is 0. The van der Waals surface area contributed by atoms with Crippen molar-refractivity contribution in [3.63, 3.8) is 0 Å². The van der Waals surface area contributed by atoms with Crippen LogP contribution in [0.15, 0.2) is 0 Å². The summed E-state index contributed by atoms with van der Waals surface area (Å²) >= 11 is 5.24. The molecule has 0 bridgehead atoms. The van der Waals surface area contributed by atoms with Crippen LogP contribution < -0.4 is 0 Å². The summed E-state index contributed by atoms with van der Waals surface area (Å²) in [5, 5.41) is 0. The maximum absolute atomic E-state index is 13.6. The molecule has 0 aliphatic carbocycles. The van der Waals surface area contributed by atoms with Gasteiger partial charge in [0.2, 0.25) is 0 Å². The van der Waals surface area contributed by atoms with Gasteiger partial charge in [0.25, 0.3) is 0 Å². The molecule has 0 aromatic heterocycles. The van der Waals surface area contributed by atoms with E-state index in [9.17, 15) is 17.6 Å². The zero-order valence-corrected chi connectivity index (χ0v) is 9.61. The molecule has 1 aliphatic rings. The van der Waals surface area contributed by atoms with Crippen LogP contribution in [0.25, 0.3) is 0 Å². The third-order valence-electron chi connectivity index (χ3n) is 2.04. The summed E-state index contributed by atoms with van der Waals surface area (Å²) in [6.45, 7) is -1.02. The first-order chi connectivity index (χ1) is 7.83. The Morgan fingerprint density at radius 2 is 1.76 bits per heavy atom. The van der Waals surface area contributed by atoms with E-state index >= 15 is 0 Å². The lowest BCUT2D eigenvalue weighted by Gasteiger charge is -2.36. The average molecular weight is 283 g/mol. The SMILES string of the molecule is COC(F)(F)C(F)(F)C1(OCCCl)OCCO1. The largest absolute Gasteiger partial charge is 0.427 e. The molecule has 0 atom stereocenters. The molecule has 0 aromatic rings. The number of ether oxygens (including phenoxy) is 4. The van der Waals surface area contributed by atoms with Crippen LogP contribution in [0.2, 0.25) is 0 Å².